The molecule has 0 fully saturated rings. The lowest BCUT2D eigenvalue weighted by Crippen LogP contribution is -2.20. The molecule has 0 aromatic carbocycles. The summed E-state index contributed by atoms with van der Waals surface area (Å²) < 4.78 is 10.2. The van der Waals surface area contributed by atoms with E-state index in [1.165, 1.54) is 6.92 Å². The van der Waals surface area contributed by atoms with Crippen molar-refractivity contribution in [2.24, 2.45) is 0 Å². The van der Waals surface area contributed by atoms with E-state index >= 15 is 0 Å². The number of carbonyl (C=O) groups is 1. The Labute approximate surface area is 114 Å². The van der Waals surface area contributed by atoms with Gasteiger partial charge < -0.3 is 14.4 Å². The summed E-state index contributed by atoms with van der Waals surface area (Å²) in [6, 6.07) is 3.86. The number of ether oxygens (including phenoxy) is 1. The number of rotatable bonds is 7. The van der Waals surface area contributed by atoms with Gasteiger partial charge in [0.25, 0.3) is 0 Å². The van der Waals surface area contributed by atoms with Crippen LogP contribution in [0.25, 0.3) is 10.7 Å². The van der Waals surface area contributed by atoms with E-state index in [1.807, 2.05) is 17.5 Å². The van der Waals surface area contributed by atoms with E-state index in [2.05, 4.69) is 10.1 Å². The fraction of sp³-hybridized carbons (Fsp3) is 0.417. The summed E-state index contributed by atoms with van der Waals surface area (Å²) >= 11 is 1.55. The number of aliphatic carboxylic acids is 1. The largest absolute Gasteiger partial charge is 0.479 e. The van der Waals surface area contributed by atoms with E-state index in [4.69, 9.17) is 14.4 Å². The predicted molar refractivity (Wildman–Crippen MR) is 69.0 cm³/mol. The average molecular weight is 282 g/mol. The van der Waals surface area contributed by atoms with Gasteiger partial charge in [0.1, 0.15) is 0 Å². The highest BCUT2D eigenvalue weighted by atomic mass is 32.1. The highest BCUT2D eigenvalue weighted by Gasteiger charge is 2.12. The van der Waals surface area contributed by atoms with Gasteiger partial charge in [0.15, 0.2) is 6.10 Å². The summed E-state index contributed by atoms with van der Waals surface area (Å²) in [5.41, 5.74) is 0. The van der Waals surface area contributed by atoms with E-state index < -0.39 is 12.1 Å². The van der Waals surface area contributed by atoms with Crippen LogP contribution in [0, 0.1) is 0 Å². The third kappa shape index (κ3) is 3.87. The Morgan fingerprint density at radius 3 is 3.16 bits per heavy atom. The van der Waals surface area contributed by atoms with Crippen molar-refractivity contribution in [1.82, 2.24) is 10.1 Å². The molecular formula is C12H14N2O4S. The summed E-state index contributed by atoms with van der Waals surface area (Å²) in [6.45, 7) is 1.86. The molecule has 19 heavy (non-hydrogen) atoms. The zero-order valence-electron chi connectivity index (χ0n) is 10.4. The first-order valence-corrected chi connectivity index (χ1v) is 6.75. The SMILES string of the molecule is C[C@H](OCCCc1nc(-c2cccs2)no1)C(=O)O. The number of hydrogen-bond acceptors (Lipinski definition) is 6. The Morgan fingerprint density at radius 1 is 1.63 bits per heavy atom. The second-order valence-electron chi connectivity index (χ2n) is 3.94. The van der Waals surface area contributed by atoms with Crippen LogP contribution in [-0.2, 0) is 16.0 Å². The maximum atomic E-state index is 10.5. The lowest BCUT2D eigenvalue weighted by atomic mass is 10.3. The monoisotopic (exact) mass is 282 g/mol. The zero-order valence-corrected chi connectivity index (χ0v) is 11.2. The molecule has 0 aliphatic rings. The first-order valence-electron chi connectivity index (χ1n) is 5.87. The van der Waals surface area contributed by atoms with Crippen molar-refractivity contribution < 1.29 is 19.2 Å². The van der Waals surface area contributed by atoms with Crippen LogP contribution in [0.2, 0.25) is 0 Å². The molecule has 0 spiro atoms. The minimum Gasteiger partial charge on any atom is -0.479 e. The minimum atomic E-state index is -0.960. The van der Waals surface area contributed by atoms with E-state index in [0.717, 1.165) is 4.88 Å². The van der Waals surface area contributed by atoms with Crippen LogP contribution in [0.3, 0.4) is 0 Å². The Bertz CT molecular complexity index is 524. The average Bonchev–Trinajstić information content (AvgIpc) is 3.04. The van der Waals surface area contributed by atoms with E-state index in [-0.39, 0.29) is 0 Å². The third-order valence-electron chi connectivity index (χ3n) is 2.46. The van der Waals surface area contributed by atoms with Crippen molar-refractivity contribution >= 4 is 17.3 Å². The van der Waals surface area contributed by atoms with Gasteiger partial charge in [-0.3, -0.25) is 0 Å². The lowest BCUT2D eigenvalue weighted by Gasteiger charge is -2.06. The molecule has 102 valence electrons. The molecule has 0 aliphatic carbocycles. The first-order chi connectivity index (χ1) is 9.16. The maximum absolute atomic E-state index is 10.5. The number of aryl methyl sites for hydroxylation is 1. The molecule has 1 atom stereocenters. The summed E-state index contributed by atoms with van der Waals surface area (Å²) in [6.07, 6.45) is 0.429. The number of carboxylic acid groups (broad SMARTS) is 1. The number of carboxylic acids is 1. The molecule has 0 saturated heterocycles. The third-order valence-corrected chi connectivity index (χ3v) is 3.33. The van der Waals surface area contributed by atoms with Gasteiger partial charge >= 0.3 is 5.97 Å². The van der Waals surface area contributed by atoms with Crippen LogP contribution in [0.15, 0.2) is 22.0 Å². The van der Waals surface area contributed by atoms with Crippen molar-refractivity contribution in [2.45, 2.75) is 25.9 Å². The molecule has 7 heteroatoms. The van der Waals surface area contributed by atoms with Crippen LogP contribution >= 0.6 is 11.3 Å². The number of hydrogen-bond donors (Lipinski definition) is 1. The van der Waals surface area contributed by atoms with E-state index in [1.54, 1.807) is 11.3 Å². The van der Waals surface area contributed by atoms with Gasteiger partial charge in [0.05, 0.1) is 4.88 Å². The van der Waals surface area contributed by atoms with E-state index in [9.17, 15) is 4.79 Å². The summed E-state index contributed by atoms with van der Waals surface area (Å²) in [7, 11) is 0. The van der Waals surface area contributed by atoms with Crippen LogP contribution in [0.5, 0.6) is 0 Å². The molecule has 0 aliphatic heterocycles. The fourth-order valence-corrected chi connectivity index (χ4v) is 2.07. The van der Waals surface area contributed by atoms with Gasteiger partial charge in [-0.15, -0.1) is 11.3 Å². The van der Waals surface area contributed by atoms with Crippen molar-refractivity contribution in [3.63, 3.8) is 0 Å². The van der Waals surface area contributed by atoms with Crippen molar-refractivity contribution in [3.05, 3.63) is 23.4 Å². The Hall–Kier alpha value is -1.73. The zero-order chi connectivity index (χ0) is 13.7. The second kappa shape index (κ2) is 6.44. The number of thiophene rings is 1. The van der Waals surface area contributed by atoms with Crippen molar-refractivity contribution in [2.75, 3.05) is 6.61 Å². The molecule has 2 rings (SSSR count). The van der Waals surface area contributed by atoms with Gasteiger partial charge in [-0.2, -0.15) is 4.98 Å². The van der Waals surface area contributed by atoms with Crippen LogP contribution in [-0.4, -0.2) is 33.9 Å². The standard InChI is InChI=1S/C12H14N2O4S/c1-8(12(15)16)17-6-2-5-10-13-11(14-18-10)9-4-3-7-19-9/h3-4,7-8H,2,5-6H2,1H3,(H,15,16)/t8-/m0/s1. The van der Waals surface area contributed by atoms with Crippen LogP contribution in [0.4, 0.5) is 0 Å². The Balaban J connectivity index is 1.77. The molecule has 0 unspecified atom stereocenters. The second-order valence-corrected chi connectivity index (χ2v) is 4.89. The molecule has 1 N–H and O–H groups in total. The van der Waals surface area contributed by atoms with Gasteiger partial charge in [-0.1, -0.05) is 11.2 Å². The molecule has 0 radical (unpaired) electrons. The molecule has 0 saturated carbocycles. The molecule has 0 bridgehead atoms. The number of nitrogens with zero attached hydrogens (tertiary/aromatic N) is 2. The fourth-order valence-electron chi connectivity index (χ4n) is 1.42. The molecule has 2 aromatic heterocycles. The Kier molecular flexibility index (Phi) is 4.64. The van der Waals surface area contributed by atoms with Crippen molar-refractivity contribution in [3.8, 4) is 10.7 Å². The highest BCUT2D eigenvalue weighted by Crippen LogP contribution is 2.21. The minimum absolute atomic E-state index is 0.351. The topological polar surface area (TPSA) is 85.5 Å². The smallest absolute Gasteiger partial charge is 0.332 e. The Morgan fingerprint density at radius 2 is 2.47 bits per heavy atom. The maximum Gasteiger partial charge on any atom is 0.332 e. The molecule has 2 aromatic rings. The normalized spacial score (nSPS) is 12.5. The molecular weight excluding hydrogens is 268 g/mol. The summed E-state index contributed by atoms with van der Waals surface area (Å²) in [5.74, 6) is 0.164. The van der Waals surface area contributed by atoms with Crippen molar-refractivity contribution in [1.29, 1.82) is 0 Å². The van der Waals surface area contributed by atoms with Gasteiger partial charge in [-0.05, 0) is 24.8 Å². The summed E-state index contributed by atoms with van der Waals surface area (Å²) in [5, 5.41) is 14.5. The quantitative estimate of drug-likeness (QED) is 0.784. The molecule has 0 amide bonds. The highest BCUT2D eigenvalue weighted by molar-refractivity contribution is 7.13. The van der Waals surface area contributed by atoms with Crippen LogP contribution in [0.1, 0.15) is 19.2 Å². The first kappa shape index (κ1) is 13.7. The van der Waals surface area contributed by atoms with Gasteiger partial charge in [-0.25, -0.2) is 4.79 Å². The molecule has 6 nitrogen and oxygen atoms in total. The predicted octanol–water partition coefficient (Wildman–Crippen LogP) is 2.22. The molecule has 2 heterocycles. The van der Waals surface area contributed by atoms with Gasteiger partial charge in [0, 0.05) is 13.0 Å². The van der Waals surface area contributed by atoms with E-state index in [0.29, 0.717) is 31.2 Å². The number of aromatic nitrogens is 2. The van der Waals surface area contributed by atoms with Crippen LogP contribution < -0.4 is 0 Å². The summed E-state index contributed by atoms with van der Waals surface area (Å²) in [4.78, 5) is 15.8. The van der Waals surface area contributed by atoms with Gasteiger partial charge in [0.2, 0.25) is 11.7 Å². The lowest BCUT2D eigenvalue weighted by molar-refractivity contribution is -0.149.